The van der Waals surface area contributed by atoms with Crippen molar-refractivity contribution in [2.24, 2.45) is 0 Å². The third kappa shape index (κ3) is 4.54. The van der Waals surface area contributed by atoms with E-state index in [-0.39, 0.29) is 5.92 Å². The van der Waals surface area contributed by atoms with Gasteiger partial charge < -0.3 is 13.7 Å². The van der Waals surface area contributed by atoms with Crippen molar-refractivity contribution >= 4 is 60.2 Å². The second-order valence-corrected chi connectivity index (χ2v) is 14.1. The lowest BCUT2D eigenvalue weighted by Crippen LogP contribution is -2.10. The lowest BCUT2D eigenvalue weighted by molar-refractivity contribution is 0.832. The van der Waals surface area contributed by atoms with Gasteiger partial charge in [-0.15, -0.1) is 0 Å². The number of para-hydroxylation sites is 6. The maximum Gasteiger partial charge on any atom is 0.0541 e. The summed E-state index contributed by atoms with van der Waals surface area (Å²) in [6.07, 6.45) is 10.2. The predicted octanol–water partition coefficient (Wildman–Crippen LogP) is 13.1. The van der Waals surface area contributed by atoms with E-state index < -0.39 is 0 Å². The Bertz CT molecular complexity index is 2990. The summed E-state index contributed by atoms with van der Waals surface area (Å²) in [5.74, 6) is 0.184. The largest absolute Gasteiger partial charge is 0.316 e. The van der Waals surface area contributed by atoms with E-state index in [9.17, 15) is 0 Å². The molecule has 3 nitrogen and oxygen atoms in total. The van der Waals surface area contributed by atoms with Crippen LogP contribution >= 0.6 is 0 Å². The van der Waals surface area contributed by atoms with Gasteiger partial charge in [0.15, 0.2) is 0 Å². The highest BCUT2D eigenvalue weighted by atomic mass is 15.0. The lowest BCUT2D eigenvalue weighted by atomic mass is 9.87. The van der Waals surface area contributed by atoms with Crippen LogP contribution in [0.5, 0.6) is 0 Å². The van der Waals surface area contributed by atoms with E-state index in [0.29, 0.717) is 0 Å². The number of rotatable bonds is 5. The zero-order valence-electron chi connectivity index (χ0n) is 29.1. The summed E-state index contributed by atoms with van der Waals surface area (Å²) in [7, 11) is 0. The molecule has 0 saturated carbocycles. The average molecular weight is 678 g/mol. The first kappa shape index (κ1) is 29.8. The maximum atomic E-state index is 2.50. The normalized spacial score (nSPS) is 14.6. The molecule has 0 aliphatic heterocycles. The van der Waals surface area contributed by atoms with Crippen LogP contribution in [0.3, 0.4) is 0 Å². The predicted molar refractivity (Wildman–Crippen MR) is 223 cm³/mol. The van der Waals surface area contributed by atoms with Gasteiger partial charge in [0.1, 0.15) is 0 Å². The molecular weight excluding hydrogens is 643 g/mol. The number of benzene rings is 7. The minimum atomic E-state index is 0.184. The third-order valence-corrected chi connectivity index (χ3v) is 11.3. The molecule has 11 rings (SSSR count). The molecule has 7 aromatic carbocycles. The van der Waals surface area contributed by atoms with Gasteiger partial charge in [-0.25, -0.2) is 0 Å². The van der Waals surface area contributed by atoms with Gasteiger partial charge in [0.2, 0.25) is 0 Å². The van der Waals surface area contributed by atoms with E-state index >= 15 is 0 Å². The van der Waals surface area contributed by atoms with Crippen LogP contribution in [0.2, 0.25) is 0 Å². The number of hydrogen-bond donors (Lipinski definition) is 0. The molecule has 1 aliphatic rings. The molecule has 250 valence electrons. The Morgan fingerprint density at radius 1 is 0.434 bits per heavy atom. The summed E-state index contributed by atoms with van der Waals surface area (Å²) >= 11 is 0. The van der Waals surface area contributed by atoms with Gasteiger partial charge in [0, 0.05) is 61.6 Å². The van der Waals surface area contributed by atoms with Gasteiger partial charge in [-0.05, 0) is 72.7 Å². The Labute approximate surface area is 307 Å². The van der Waals surface area contributed by atoms with Crippen molar-refractivity contribution in [3.8, 4) is 22.5 Å². The number of allylic oxidation sites excluding steroid dienone is 4. The van der Waals surface area contributed by atoms with E-state index in [1.54, 1.807) is 0 Å². The zero-order valence-corrected chi connectivity index (χ0v) is 29.1. The summed E-state index contributed by atoms with van der Waals surface area (Å²) < 4.78 is 7.31. The molecule has 3 aromatic heterocycles. The monoisotopic (exact) mass is 677 g/mol. The number of hydrogen-bond acceptors (Lipinski definition) is 0. The molecule has 3 heterocycles. The van der Waals surface area contributed by atoms with Crippen molar-refractivity contribution < 1.29 is 0 Å². The number of nitrogens with zero attached hydrogens (tertiary/aromatic N) is 3. The van der Waals surface area contributed by atoms with Crippen LogP contribution in [-0.4, -0.2) is 13.7 Å². The first-order valence-electron chi connectivity index (χ1n) is 18.5. The van der Waals surface area contributed by atoms with Gasteiger partial charge >= 0.3 is 0 Å². The average Bonchev–Trinajstić information content (AvgIpc) is 3.89. The summed E-state index contributed by atoms with van der Waals surface area (Å²) in [4.78, 5) is 0. The van der Waals surface area contributed by atoms with Crippen LogP contribution in [0.1, 0.15) is 17.9 Å². The molecule has 3 heteroatoms. The van der Waals surface area contributed by atoms with E-state index in [4.69, 9.17) is 0 Å². The van der Waals surface area contributed by atoms with Crippen LogP contribution in [0, 0.1) is 0 Å². The molecule has 1 atom stereocenters. The summed E-state index contributed by atoms with van der Waals surface area (Å²) in [5, 5.41) is 6.35. The van der Waals surface area contributed by atoms with Gasteiger partial charge in [-0.1, -0.05) is 127 Å². The Balaban J connectivity index is 1.15. The van der Waals surface area contributed by atoms with Crippen molar-refractivity contribution in [3.05, 3.63) is 200 Å². The van der Waals surface area contributed by atoms with Crippen molar-refractivity contribution in [2.45, 2.75) is 12.3 Å². The first-order chi connectivity index (χ1) is 26.3. The van der Waals surface area contributed by atoms with Crippen molar-refractivity contribution in [3.63, 3.8) is 0 Å². The molecule has 0 fully saturated rings. The minimum Gasteiger partial charge on any atom is -0.316 e. The quantitative estimate of drug-likeness (QED) is 0.172. The molecule has 0 bridgehead atoms. The molecule has 0 spiro atoms. The fraction of sp³-hybridized carbons (Fsp3) is 0.0400. The highest BCUT2D eigenvalue weighted by molar-refractivity contribution is 6.11. The highest BCUT2D eigenvalue weighted by Gasteiger charge is 2.25. The van der Waals surface area contributed by atoms with Gasteiger partial charge in [0.25, 0.3) is 0 Å². The van der Waals surface area contributed by atoms with Crippen LogP contribution in [0.15, 0.2) is 194 Å². The second kappa shape index (κ2) is 11.9. The third-order valence-electron chi connectivity index (χ3n) is 11.3. The molecule has 10 aromatic rings. The molecule has 1 unspecified atom stereocenters. The van der Waals surface area contributed by atoms with E-state index in [2.05, 4.69) is 208 Å². The number of fused-ring (bicyclic) bond motifs is 7. The molecule has 0 radical (unpaired) electrons. The summed E-state index contributed by atoms with van der Waals surface area (Å²) in [6.45, 7) is 0. The molecule has 0 N–H and O–H groups in total. The molecule has 1 aliphatic carbocycles. The summed E-state index contributed by atoms with van der Waals surface area (Å²) in [5.41, 5.74) is 13.5. The van der Waals surface area contributed by atoms with Crippen molar-refractivity contribution in [1.29, 1.82) is 0 Å². The summed E-state index contributed by atoms with van der Waals surface area (Å²) in [6, 6.07) is 62.0. The molecule has 0 saturated heterocycles. The van der Waals surface area contributed by atoms with Crippen LogP contribution in [0.25, 0.3) is 82.7 Å². The van der Waals surface area contributed by atoms with Crippen LogP contribution < -0.4 is 0 Å². The van der Waals surface area contributed by atoms with Crippen molar-refractivity contribution in [1.82, 2.24) is 13.7 Å². The number of aromatic nitrogens is 3. The topological polar surface area (TPSA) is 14.8 Å². The zero-order chi connectivity index (χ0) is 34.9. The highest BCUT2D eigenvalue weighted by Crippen LogP contribution is 2.44. The van der Waals surface area contributed by atoms with E-state index in [1.807, 2.05) is 0 Å². The Morgan fingerprint density at radius 3 is 1.62 bits per heavy atom. The van der Waals surface area contributed by atoms with Gasteiger partial charge in [-0.3, -0.25) is 0 Å². The fourth-order valence-corrected chi connectivity index (χ4v) is 8.92. The molecule has 0 amide bonds. The lowest BCUT2D eigenvalue weighted by Gasteiger charge is -2.25. The Kier molecular flexibility index (Phi) is 6.68. The molecular formula is C50H35N3. The van der Waals surface area contributed by atoms with E-state index in [0.717, 1.165) is 12.1 Å². The van der Waals surface area contributed by atoms with Crippen molar-refractivity contribution in [2.75, 3.05) is 0 Å². The second-order valence-electron chi connectivity index (χ2n) is 14.1. The first-order valence-corrected chi connectivity index (χ1v) is 18.5. The smallest absolute Gasteiger partial charge is 0.0541 e. The van der Waals surface area contributed by atoms with Crippen LogP contribution in [-0.2, 0) is 0 Å². The SMILES string of the molecule is C1=CCC(c2ccc3c(c2)c(-c2ccccc2-n2c4ccccc4c4ccccc42)cn3-c2ccccc2)C(n2c3ccccc3c3ccccc32)=C1. The van der Waals surface area contributed by atoms with Crippen LogP contribution in [0.4, 0.5) is 0 Å². The standard InChI is InChI=1S/C50H35N3/c1-2-16-35(17-3-1)51-33-43(41-23-9-15-29-50(41)53-48-27-13-7-21-39(48)40-22-8-14-28-49(40)53)42-32-34(30-31-44(42)51)36-18-4-10-24-45(36)52-46-25-11-5-19-37(46)38-20-6-12-26-47(38)52/h1-17,19-33,36H,18H2. The maximum absolute atomic E-state index is 2.50. The Morgan fingerprint density at radius 2 is 0.981 bits per heavy atom. The van der Waals surface area contributed by atoms with Gasteiger partial charge in [0.05, 0.1) is 33.3 Å². The Hall–Kier alpha value is -6.84. The minimum absolute atomic E-state index is 0.184. The molecule has 53 heavy (non-hydrogen) atoms. The fourth-order valence-electron chi connectivity index (χ4n) is 8.92. The van der Waals surface area contributed by atoms with E-state index in [1.165, 1.54) is 82.6 Å². The van der Waals surface area contributed by atoms with Gasteiger partial charge in [-0.2, -0.15) is 0 Å².